The molecule has 0 N–H and O–H groups in total. The molecule has 23 heavy (non-hydrogen) atoms. The Bertz CT molecular complexity index is 626. The molecule has 0 aliphatic heterocycles. The maximum atomic E-state index is 12.4. The van der Waals surface area contributed by atoms with E-state index in [2.05, 4.69) is 0 Å². The number of alkyl halides is 1. The first-order valence-electron chi connectivity index (χ1n) is 7.50. The zero-order valence-corrected chi connectivity index (χ0v) is 13.9. The molecule has 0 saturated heterocycles. The van der Waals surface area contributed by atoms with Crippen LogP contribution in [0.1, 0.15) is 37.5 Å². The highest BCUT2D eigenvalue weighted by atomic mass is 35.5. The third-order valence-electron chi connectivity index (χ3n) is 3.66. The molecule has 120 valence electrons. The molecule has 1 atom stereocenters. The van der Waals surface area contributed by atoms with Crippen molar-refractivity contribution in [3.05, 3.63) is 71.8 Å². The molecule has 0 amide bonds. The summed E-state index contributed by atoms with van der Waals surface area (Å²) in [5.74, 6) is -1.09. The average molecular weight is 331 g/mol. The normalized spacial score (nSPS) is 13.4. The molecule has 0 fully saturated rings. The van der Waals surface area contributed by atoms with Crippen LogP contribution in [0.4, 0.5) is 0 Å². The van der Waals surface area contributed by atoms with Gasteiger partial charge in [0, 0.05) is 6.42 Å². The molecule has 0 heterocycles. The zero-order chi connectivity index (χ0) is 16.9. The number of Topliss-reactive ketones (excluding diaryl/α,β-unsaturated/α-hetero) is 1. The number of hydrogen-bond donors (Lipinski definition) is 0. The highest BCUT2D eigenvalue weighted by Gasteiger charge is 2.40. The predicted molar refractivity (Wildman–Crippen MR) is 90.4 cm³/mol. The summed E-state index contributed by atoms with van der Waals surface area (Å²) in [6, 6.07) is 18.8. The number of carbonyl (C=O) groups is 2. The first kappa shape index (κ1) is 17.2. The minimum Gasteiger partial charge on any atom is -0.451 e. The van der Waals surface area contributed by atoms with Crippen LogP contribution in [0, 0.1) is 0 Å². The fourth-order valence-corrected chi connectivity index (χ4v) is 2.43. The van der Waals surface area contributed by atoms with Crippen LogP contribution < -0.4 is 0 Å². The van der Waals surface area contributed by atoms with Gasteiger partial charge in [-0.05, 0) is 18.1 Å². The molecule has 0 saturated carbocycles. The Morgan fingerprint density at radius 1 is 1.00 bits per heavy atom. The number of hydrogen-bond acceptors (Lipinski definition) is 3. The molecule has 0 spiro atoms. The smallest absolute Gasteiger partial charge is 0.335 e. The molecule has 3 nitrogen and oxygen atoms in total. The highest BCUT2D eigenvalue weighted by molar-refractivity contribution is 6.45. The molecule has 4 heteroatoms. The molecule has 1 unspecified atom stereocenters. The number of esters is 1. The second-order valence-corrected chi connectivity index (χ2v) is 6.14. The summed E-state index contributed by atoms with van der Waals surface area (Å²) in [4.78, 5) is 22.7. The Balaban J connectivity index is 2.33. The van der Waals surface area contributed by atoms with Gasteiger partial charge in [0.2, 0.25) is 0 Å². The van der Waals surface area contributed by atoms with Crippen LogP contribution in [0.15, 0.2) is 60.7 Å². The second-order valence-electron chi connectivity index (χ2n) is 5.39. The monoisotopic (exact) mass is 330 g/mol. The third-order valence-corrected chi connectivity index (χ3v) is 4.02. The topological polar surface area (TPSA) is 43.4 Å². The van der Waals surface area contributed by atoms with Gasteiger partial charge in [0.15, 0.2) is 16.8 Å². The van der Waals surface area contributed by atoms with E-state index < -0.39 is 16.9 Å². The lowest BCUT2D eigenvalue weighted by Crippen LogP contribution is -2.40. The summed E-state index contributed by atoms with van der Waals surface area (Å²) in [5.41, 5.74) is 1.65. The molecule has 2 rings (SSSR count). The Hall–Kier alpha value is -2.13. The third kappa shape index (κ3) is 3.99. The van der Waals surface area contributed by atoms with Crippen LogP contribution in [-0.4, -0.2) is 16.6 Å². The summed E-state index contributed by atoms with van der Waals surface area (Å²) in [7, 11) is 0. The summed E-state index contributed by atoms with van der Waals surface area (Å²) >= 11 is 6.13. The Kier molecular flexibility index (Phi) is 5.56. The number of benzene rings is 2. The van der Waals surface area contributed by atoms with Crippen molar-refractivity contribution in [1.29, 1.82) is 0 Å². The summed E-state index contributed by atoms with van der Waals surface area (Å²) in [6.45, 7) is 3.05. The number of rotatable bonds is 6. The molecule has 2 aromatic carbocycles. The Morgan fingerprint density at radius 2 is 1.43 bits per heavy atom. The van der Waals surface area contributed by atoms with E-state index >= 15 is 0 Å². The van der Waals surface area contributed by atoms with Crippen LogP contribution in [0.2, 0.25) is 0 Å². The van der Waals surface area contributed by atoms with E-state index in [0.29, 0.717) is 0 Å². The van der Waals surface area contributed by atoms with Crippen molar-refractivity contribution in [2.75, 3.05) is 0 Å². The largest absolute Gasteiger partial charge is 0.451 e. The van der Waals surface area contributed by atoms with Crippen molar-refractivity contribution in [2.24, 2.45) is 0 Å². The fourth-order valence-electron chi connectivity index (χ4n) is 2.25. The SMILES string of the molecule is CCC(=O)C(C)(Cl)C(=O)OC(c1ccccc1)c1ccccc1. The maximum absolute atomic E-state index is 12.4. The Labute approximate surface area is 141 Å². The molecular weight excluding hydrogens is 312 g/mol. The molecule has 0 aromatic heterocycles. The average Bonchev–Trinajstić information content (AvgIpc) is 2.60. The lowest BCUT2D eigenvalue weighted by molar-refractivity contribution is -0.153. The molecule has 0 aliphatic carbocycles. The van der Waals surface area contributed by atoms with Crippen LogP contribution in [0.5, 0.6) is 0 Å². The summed E-state index contributed by atoms with van der Waals surface area (Å²) < 4.78 is 5.62. The van der Waals surface area contributed by atoms with Crippen LogP contribution in [0.25, 0.3) is 0 Å². The quantitative estimate of drug-likeness (QED) is 0.450. The van der Waals surface area contributed by atoms with Crippen molar-refractivity contribution >= 4 is 23.4 Å². The molecule has 0 radical (unpaired) electrons. The highest BCUT2D eigenvalue weighted by Crippen LogP contribution is 2.29. The lowest BCUT2D eigenvalue weighted by atomic mass is 10.00. The van der Waals surface area contributed by atoms with Gasteiger partial charge in [-0.25, -0.2) is 4.79 Å². The molecule has 0 aliphatic rings. The minimum absolute atomic E-state index is 0.177. The van der Waals surface area contributed by atoms with Gasteiger partial charge in [0.25, 0.3) is 0 Å². The second kappa shape index (κ2) is 7.42. The minimum atomic E-state index is -1.67. The summed E-state index contributed by atoms with van der Waals surface area (Å²) in [5, 5.41) is 0. The first-order valence-corrected chi connectivity index (χ1v) is 7.87. The fraction of sp³-hybridized carbons (Fsp3) is 0.263. The van der Waals surface area contributed by atoms with E-state index in [-0.39, 0.29) is 12.2 Å². The van der Waals surface area contributed by atoms with Gasteiger partial charge in [-0.1, -0.05) is 79.2 Å². The van der Waals surface area contributed by atoms with Gasteiger partial charge in [-0.15, -0.1) is 0 Å². The van der Waals surface area contributed by atoms with Crippen molar-refractivity contribution in [3.8, 4) is 0 Å². The van der Waals surface area contributed by atoms with Gasteiger partial charge in [0.05, 0.1) is 0 Å². The number of carbonyl (C=O) groups excluding carboxylic acids is 2. The van der Waals surface area contributed by atoms with Crippen LogP contribution in [0.3, 0.4) is 0 Å². The maximum Gasteiger partial charge on any atom is 0.335 e. The van der Waals surface area contributed by atoms with E-state index in [0.717, 1.165) is 11.1 Å². The van der Waals surface area contributed by atoms with E-state index in [9.17, 15) is 9.59 Å². The number of ether oxygens (including phenoxy) is 1. The van der Waals surface area contributed by atoms with Gasteiger partial charge >= 0.3 is 5.97 Å². The standard InChI is InChI=1S/C19H19ClO3/c1-3-16(21)19(2,20)18(22)23-17(14-10-6-4-7-11-14)15-12-8-5-9-13-15/h4-13,17H,3H2,1-2H3. The van der Waals surface area contributed by atoms with Crippen molar-refractivity contribution in [2.45, 2.75) is 31.2 Å². The molecule has 2 aromatic rings. The van der Waals surface area contributed by atoms with Crippen molar-refractivity contribution in [1.82, 2.24) is 0 Å². The Morgan fingerprint density at radius 3 is 1.83 bits per heavy atom. The van der Waals surface area contributed by atoms with Crippen molar-refractivity contribution in [3.63, 3.8) is 0 Å². The van der Waals surface area contributed by atoms with Gasteiger partial charge in [-0.2, -0.15) is 0 Å². The van der Waals surface area contributed by atoms with Crippen LogP contribution in [-0.2, 0) is 14.3 Å². The summed E-state index contributed by atoms with van der Waals surface area (Å²) in [6.07, 6.45) is -0.427. The van der Waals surface area contributed by atoms with E-state index in [4.69, 9.17) is 16.3 Å². The molecule has 0 bridgehead atoms. The zero-order valence-electron chi connectivity index (χ0n) is 13.2. The van der Waals surface area contributed by atoms with Gasteiger partial charge in [0.1, 0.15) is 0 Å². The van der Waals surface area contributed by atoms with E-state index in [1.165, 1.54) is 6.92 Å². The van der Waals surface area contributed by atoms with Gasteiger partial charge < -0.3 is 4.74 Å². The van der Waals surface area contributed by atoms with Crippen LogP contribution >= 0.6 is 11.6 Å². The number of ketones is 1. The number of halogens is 1. The predicted octanol–water partition coefficient (Wildman–Crippen LogP) is 4.30. The van der Waals surface area contributed by atoms with Crippen molar-refractivity contribution < 1.29 is 14.3 Å². The van der Waals surface area contributed by atoms with Gasteiger partial charge in [-0.3, -0.25) is 4.79 Å². The first-order chi connectivity index (χ1) is 11.0. The lowest BCUT2D eigenvalue weighted by Gasteiger charge is -2.24. The van der Waals surface area contributed by atoms with E-state index in [1.807, 2.05) is 60.7 Å². The van der Waals surface area contributed by atoms with E-state index in [1.54, 1.807) is 6.92 Å². The molecular formula is C19H19ClO3.